The van der Waals surface area contributed by atoms with Crippen LogP contribution in [0.5, 0.6) is 0 Å². The normalized spacial score (nSPS) is 16.9. The molecule has 0 aromatic heterocycles. The molecule has 1 aliphatic heterocycles. The summed E-state index contributed by atoms with van der Waals surface area (Å²) in [7, 11) is 1.57. The van der Waals surface area contributed by atoms with Crippen LogP contribution in [0.4, 0.5) is 5.69 Å². The summed E-state index contributed by atoms with van der Waals surface area (Å²) in [5, 5.41) is 3.42. The quantitative estimate of drug-likeness (QED) is 0.826. The molecule has 1 N–H and O–H groups in total. The number of benzene rings is 1. The van der Waals surface area contributed by atoms with Crippen LogP contribution in [0.3, 0.4) is 0 Å². The fourth-order valence-corrected chi connectivity index (χ4v) is 3.31. The lowest BCUT2D eigenvalue weighted by Gasteiger charge is -2.36. The van der Waals surface area contributed by atoms with E-state index in [1.54, 1.807) is 37.1 Å². The van der Waals surface area contributed by atoms with Gasteiger partial charge in [0.05, 0.1) is 16.6 Å². The number of carbonyl (C=O) groups is 3. The second-order valence-corrected chi connectivity index (χ2v) is 7.14. The SMILES string of the molecule is CCC(=O)N1CCCC[C@H]1C(=O)N(C)CC(=O)Nc1ccc(Cl)c(Cl)c1. The summed E-state index contributed by atoms with van der Waals surface area (Å²) in [6.45, 7) is 2.27. The van der Waals surface area contributed by atoms with Gasteiger partial charge in [-0.25, -0.2) is 0 Å². The van der Waals surface area contributed by atoms with Crippen LogP contribution in [0.2, 0.25) is 10.0 Å². The number of likely N-dealkylation sites (tertiary alicyclic amines) is 1. The van der Waals surface area contributed by atoms with E-state index in [1.807, 2.05) is 0 Å². The van der Waals surface area contributed by atoms with Gasteiger partial charge in [-0.3, -0.25) is 14.4 Å². The van der Waals surface area contributed by atoms with Crippen molar-refractivity contribution in [2.45, 2.75) is 38.6 Å². The molecular weight excluding hydrogens is 377 g/mol. The summed E-state index contributed by atoms with van der Waals surface area (Å²) in [6.07, 6.45) is 2.79. The average Bonchev–Trinajstić information content (AvgIpc) is 2.63. The Labute approximate surface area is 163 Å². The summed E-state index contributed by atoms with van der Waals surface area (Å²) in [4.78, 5) is 40.0. The lowest BCUT2D eigenvalue weighted by atomic mass is 10.0. The maximum Gasteiger partial charge on any atom is 0.245 e. The van der Waals surface area contributed by atoms with Crippen molar-refractivity contribution in [3.63, 3.8) is 0 Å². The molecule has 6 nitrogen and oxygen atoms in total. The van der Waals surface area contributed by atoms with Crippen molar-refractivity contribution in [2.75, 3.05) is 25.5 Å². The van der Waals surface area contributed by atoms with Crippen LogP contribution in [0.1, 0.15) is 32.6 Å². The van der Waals surface area contributed by atoms with Gasteiger partial charge >= 0.3 is 0 Å². The first-order valence-corrected chi connectivity index (χ1v) is 9.38. The van der Waals surface area contributed by atoms with Gasteiger partial charge in [0.1, 0.15) is 6.04 Å². The van der Waals surface area contributed by atoms with Crippen LogP contribution in [-0.2, 0) is 14.4 Å². The summed E-state index contributed by atoms with van der Waals surface area (Å²) in [5.74, 6) is -0.587. The van der Waals surface area contributed by atoms with Gasteiger partial charge in [-0.15, -0.1) is 0 Å². The van der Waals surface area contributed by atoms with E-state index < -0.39 is 6.04 Å². The van der Waals surface area contributed by atoms with Gasteiger partial charge in [0, 0.05) is 25.7 Å². The number of piperidine rings is 1. The number of nitrogens with one attached hydrogen (secondary N) is 1. The number of hydrogen-bond acceptors (Lipinski definition) is 3. The Morgan fingerprint density at radius 3 is 2.62 bits per heavy atom. The maximum atomic E-state index is 12.7. The van der Waals surface area contributed by atoms with E-state index in [0.29, 0.717) is 35.1 Å². The number of anilines is 1. The van der Waals surface area contributed by atoms with E-state index in [0.717, 1.165) is 12.8 Å². The topological polar surface area (TPSA) is 69.7 Å². The van der Waals surface area contributed by atoms with Crippen molar-refractivity contribution in [2.24, 2.45) is 0 Å². The van der Waals surface area contributed by atoms with Gasteiger partial charge in [-0.05, 0) is 37.5 Å². The molecule has 1 aliphatic rings. The molecule has 0 aliphatic carbocycles. The van der Waals surface area contributed by atoms with Crippen LogP contribution in [-0.4, -0.2) is 53.7 Å². The number of amides is 3. The van der Waals surface area contributed by atoms with Crippen LogP contribution >= 0.6 is 23.2 Å². The average molecular weight is 400 g/mol. The number of rotatable bonds is 5. The molecule has 1 aromatic rings. The minimum absolute atomic E-state index is 0.0308. The molecule has 8 heteroatoms. The molecular formula is C18H23Cl2N3O3. The Bertz CT molecular complexity index is 696. The van der Waals surface area contributed by atoms with Crippen molar-refractivity contribution >= 4 is 46.6 Å². The largest absolute Gasteiger partial charge is 0.335 e. The van der Waals surface area contributed by atoms with Crippen molar-refractivity contribution in [1.82, 2.24) is 9.80 Å². The van der Waals surface area contributed by atoms with Gasteiger partial charge in [0.15, 0.2) is 0 Å². The lowest BCUT2D eigenvalue weighted by Crippen LogP contribution is -2.53. The molecule has 1 heterocycles. The lowest BCUT2D eigenvalue weighted by molar-refractivity contribution is -0.147. The standard InChI is InChI=1S/C18H23Cl2N3O3/c1-3-17(25)23-9-5-4-6-15(23)18(26)22(2)11-16(24)21-12-7-8-13(19)14(20)10-12/h7-8,10,15H,3-6,9,11H2,1-2H3,(H,21,24)/t15-/m0/s1. The van der Waals surface area contributed by atoms with Crippen LogP contribution < -0.4 is 5.32 Å². The third-order valence-corrected chi connectivity index (χ3v) is 5.11. The minimum Gasteiger partial charge on any atom is -0.335 e. The van der Waals surface area contributed by atoms with Crippen molar-refractivity contribution < 1.29 is 14.4 Å². The van der Waals surface area contributed by atoms with Crippen molar-refractivity contribution in [3.8, 4) is 0 Å². The first-order valence-electron chi connectivity index (χ1n) is 8.62. The van der Waals surface area contributed by atoms with Gasteiger partial charge in [0.2, 0.25) is 17.7 Å². The van der Waals surface area contributed by atoms with Crippen molar-refractivity contribution in [1.29, 1.82) is 0 Å². The Morgan fingerprint density at radius 1 is 1.23 bits per heavy atom. The van der Waals surface area contributed by atoms with Gasteiger partial charge < -0.3 is 15.1 Å². The monoisotopic (exact) mass is 399 g/mol. The van der Waals surface area contributed by atoms with Crippen molar-refractivity contribution in [3.05, 3.63) is 28.2 Å². The summed E-state index contributed by atoms with van der Waals surface area (Å²) in [5.41, 5.74) is 0.505. The maximum absolute atomic E-state index is 12.7. The highest BCUT2D eigenvalue weighted by Crippen LogP contribution is 2.25. The Kier molecular flexibility index (Phi) is 7.29. The molecule has 0 bridgehead atoms. The highest BCUT2D eigenvalue weighted by molar-refractivity contribution is 6.42. The van der Waals surface area contributed by atoms with Crippen LogP contribution in [0, 0.1) is 0 Å². The predicted molar refractivity (Wildman–Crippen MR) is 102 cm³/mol. The molecule has 0 spiro atoms. The molecule has 0 saturated carbocycles. The summed E-state index contributed by atoms with van der Waals surface area (Å²) in [6, 6.07) is 4.28. The number of halogens is 2. The Morgan fingerprint density at radius 2 is 1.96 bits per heavy atom. The summed E-state index contributed by atoms with van der Waals surface area (Å²) >= 11 is 11.8. The zero-order valence-electron chi connectivity index (χ0n) is 14.9. The number of hydrogen-bond donors (Lipinski definition) is 1. The van der Waals surface area contributed by atoms with Crippen LogP contribution in [0.25, 0.3) is 0 Å². The highest BCUT2D eigenvalue weighted by atomic mass is 35.5. The second kappa shape index (κ2) is 9.24. The Hall–Kier alpha value is -1.79. The number of nitrogens with zero attached hydrogens (tertiary/aromatic N) is 2. The third kappa shape index (κ3) is 5.11. The van der Waals surface area contributed by atoms with Gasteiger partial charge in [-0.1, -0.05) is 30.1 Å². The van der Waals surface area contributed by atoms with E-state index in [2.05, 4.69) is 5.32 Å². The van der Waals surface area contributed by atoms with E-state index in [-0.39, 0.29) is 24.3 Å². The first-order chi connectivity index (χ1) is 12.3. The van der Waals surface area contributed by atoms with Gasteiger partial charge in [0.25, 0.3) is 0 Å². The zero-order valence-corrected chi connectivity index (χ0v) is 16.4. The van der Waals surface area contributed by atoms with Crippen LogP contribution in [0.15, 0.2) is 18.2 Å². The molecule has 1 atom stereocenters. The predicted octanol–water partition coefficient (Wildman–Crippen LogP) is 3.18. The molecule has 3 amide bonds. The highest BCUT2D eigenvalue weighted by Gasteiger charge is 2.33. The minimum atomic E-state index is -0.487. The first kappa shape index (κ1) is 20.5. The smallest absolute Gasteiger partial charge is 0.245 e. The molecule has 0 unspecified atom stereocenters. The molecule has 1 saturated heterocycles. The van der Waals surface area contributed by atoms with E-state index in [1.165, 1.54) is 4.90 Å². The molecule has 26 heavy (non-hydrogen) atoms. The molecule has 1 aromatic carbocycles. The fraction of sp³-hybridized carbons (Fsp3) is 0.500. The summed E-state index contributed by atoms with van der Waals surface area (Å²) < 4.78 is 0. The molecule has 1 fully saturated rings. The Balaban J connectivity index is 1.97. The third-order valence-electron chi connectivity index (χ3n) is 4.37. The molecule has 142 valence electrons. The fourth-order valence-electron chi connectivity index (χ4n) is 3.01. The number of carbonyl (C=O) groups excluding carboxylic acids is 3. The second-order valence-electron chi connectivity index (χ2n) is 6.32. The molecule has 2 rings (SSSR count). The zero-order chi connectivity index (χ0) is 19.3. The van der Waals surface area contributed by atoms with E-state index >= 15 is 0 Å². The van der Waals surface area contributed by atoms with E-state index in [9.17, 15) is 14.4 Å². The number of likely N-dealkylation sites (N-methyl/N-ethyl adjacent to an activating group) is 1. The molecule has 0 radical (unpaired) electrons. The van der Waals surface area contributed by atoms with Gasteiger partial charge in [-0.2, -0.15) is 0 Å². The van der Waals surface area contributed by atoms with E-state index in [4.69, 9.17) is 23.2 Å².